The molecule has 0 atom stereocenters. The molecule has 3 aromatic carbocycles. The van der Waals surface area contributed by atoms with E-state index in [0.717, 1.165) is 21.5 Å². The van der Waals surface area contributed by atoms with Gasteiger partial charge in [-0.25, -0.2) is 0 Å². The Bertz CT molecular complexity index is 835. The minimum atomic E-state index is 0.692. The fourth-order valence-electron chi connectivity index (χ4n) is 2.49. The van der Waals surface area contributed by atoms with E-state index in [-0.39, 0.29) is 0 Å². The molecule has 3 nitrogen and oxygen atoms in total. The first kappa shape index (κ1) is 17.2. The first-order valence-corrected chi connectivity index (χ1v) is 8.79. The van der Waals surface area contributed by atoms with Crippen LogP contribution < -0.4 is 9.75 Å². The highest BCUT2D eigenvalue weighted by Gasteiger charge is 2.07. The molecule has 0 fully saturated rings. The van der Waals surface area contributed by atoms with Gasteiger partial charge in [-0.2, -0.15) is 5.10 Å². The van der Waals surface area contributed by atoms with Gasteiger partial charge in [0.1, 0.15) is 5.75 Å². The topological polar surface area (TPSA) is 24.8 Å². The molecular formula is C21H19BrN2O. The second-order valence-electron chi connectivity index (χ2n) is 5.51. The van der Waals surface area contributed by atoms with Crippen molar-refractivity contribution in [1.29, 1.82) is 0 Å². The van der Waals surface area contributed by atoms with E-state index in [4.69, 9.17) is 9.84 Å². The number of hydrogen-bond acceptors (Lipinski definition) is 3. The number of rotatable bonds is 6. The minimum absolute atomic E-state index is 0.692. The summed E-state index contributed by atoms with van der Waals surface area (Å²) in [6.45, 7) is 0.692. The molecule has 0 N–H and O–H groups in total. The van der Waals surface area contributed by atoms with Gasteiger partial charge >= 0.3 is 0 Å². The molecule has 0 saturated heterocycles. The summed E-state index contributed by atoms with van der Waals surface area (Å²) in [6.07, 6.45) is 1.83. The normalized spacial score (nSPS) is 10.8. The zero-order valence-electron chi connectivity index (χ0n) is 14.0. The van der Waals surface area contributed by atoms with Crippen LogP contribution in [0.1, 0.15) is 11.1 Å². The lowest BCUT2D eigenvalue weighted by atomic mass is 10.2. The van der Waals surface area contributed by atoms with Crippen molar-refractivity contribution >= 4 is 27.8 Å². The highest BCUT2D eigenvalue weighted by Crippen LogP contribution is 2.22. The van der Waals surface area contributed by atoms with Crippen molar-refractivity contribution in [2.24, 2.45) is 5.10 Å². The molecule has 0 radical (unpaired) electrons. The standard InChI is InChI=1S/C21H19BrN2O/c1-25-21-13-12-19(22)14-18(21)15-23-24(20-10-6-3-7-11-20)16-17-8-4-2-5-9-17/h2-15H,16H2,1H3. The lowest BCUT2D eigenvalue weighted by Gasteiger charge is -2.19. The van der Waals surface area contributed by atoms with E-state index >= 15 is 0 Å². The predicted octanol–water partition coefficient (Wildman–Crippen LogP) is 5.50. The van der Waals surface area contributed by atoms with E-state index < -0.39 is 0 Å². The Morgan fingerprint density at radius 3 is 2.32 bits per heavy atom. The van der Waals surface area contributed by atoms with Gasteiger partial charge in [0.15, 0.2) is 0 Å². The third kappa shape index (κ3) is 4.70. The maximum Gasteiger partial charge on any atom is 0.127 e. The number of para-hydroxylation sites is 1. The SMILES string of the molecule is COc1ccc(Br)cc1C=NN(Cc1ccccc1)c1ccccc1. The molecular weight excluding hydrogens is 376 g/mol. The quantitative estimate of drug-likeness (QED) is 0.407. The van der Waals surface area contributed by atoms with Crippen LogP contribution in [-0.4, -0.2) is 13.3 Å². The fourth-order valence-corrected chi connectivity index (χ4v) is 2.87. The maximum absolute atomic E-state index is 5.43. The maximum atomic E-state index is 5.43. The monoisotopic (exact) mass is 394 g/mol. The lowest BCUT2D eigenvalue weighted by molar-refractivity contribution is 0.414. The summed E-state index contributed by atoms with van der Waals surface area (Å²) < 4.78 is 6.42. The van der Waals surface area contributed by atoms with Gasteiger partial charge in [-0.1, -0.05) is 64.5 Å². The molecule has 0 saturated carbocycles. The van der Waals surface area contributed by atoms with Crippen LogP contribution in [0.4, 0.5) is 5.69 Å². The van der Waals surface area contributed by atoms with E-state index in [9.17, 15) is 0 Å². The summed E-state index contributed by atoms with van der Waals surface area (Å²) in [4.78, 5) is 0. The summed E-state index contributed by atoms with van der Waals surface area (Å²) in [6, 6.07) is 26.3. The minimum Gasteiger partial charge on any atom is -0.496 e. The number of hydrazone groups is 1. The number of hydrogen-bond donors (Lipinski definition) is 0. The van der Waals surface area contributed by atoms with E-state index in [0.29, 0.717) is 6.54 Å². The number of anilines is 1. The van der Waals surface area contributed by atoms with Crippen molar-refractivity contribution in [3.8, 4) is 5.75 Å². The third-order valence-electron chi connectivity index (χ3n) is 3.76. The zero-order chi connectivity index (χ0) is 17.5. The average Bonchev–Trinajstić information content (AvgIpc) is 2.67. The Hall–Kier alpha value is -2.59. The largest absolute Gasteiger partial charge is 0.496 e. The summed E-state index contributed by atoms with van der Waals surface area (Å²) >= 11 is 3.50. The predicted molar refractivity (Wildman–Crippen MR) is 107 cm³/mol. The van der Waals surface area contributed by atoms with Crippen molar-refractivity contribution in [3.05, 3.63) is 94.5 Å². The molecule has 0 amide bonds. The summed E-state index contributed by atoms with van der Waals surface area (Å²) in [5.74, 6) is 0.791. The van der Waals surface area contributed by atoms with Crippen LogP contribution >= 0.6 is 15.9 Å². The van der Waals surface area contributed by atoms with Gasteiger partial charge in [0, 0.05) is 10.0 Å². The number of nitrogens with zero attached hydrogens (tertiary/aromatic N) is 2. The molecule has 0 aliphatic carbocycles. The zero-order valence-corrected chi connectivity index (χ0v) is 15.6. The van der Waals surface area contributed by atoms with Gasteiger partial charge in [0.25, 0.3) is 0 Å². The van der Waals surface area contributed by atoms with Crippen LogP contribution in [0.3, 0.4) is 0 Å². The first-order chi connectivity index (χ1) is 12.3. The molecule has 0 unspecified atom stereocenters. The lowest BCUT2D eigenvalue weighted by Crippen LogP contribution is -2.16. The van der Waals surface area contributed by atoms with Crippen molar-refractivity contribution in [2.45, 2.75) is 6.54 Å². The van der Waals surface area contributed by atoms with E-state index in [2.05, 4.69) is 40.2 Å². The molecule has 4 heteroatoms. The highest BCUT2D eigenvalue weighted by atomic mass is 79.9. The average molecular weight is 395 g/mol. The number of halogens is 1. The van der Waals surface area contributed by atoms with Gasteiger partial charge in [-0.3, -0.25) is 5.01 Å². The molecule has 3 aromatic rings. The molecule has 0 aliphatic rings. The second kappa shape index (κ2) is 8.49. The van der Waals surface area contributed by atoms with Crippen molar-refractivity contribution < 1.29 is 4.74 Å². The highest BCUT2D eigenvalue weighted by molar-refractivity contribution is 9.10. The van der Waals surface area contributed by atoms with Gasteiger partial charge in [-0.05, 0) is 35.9 Å². The summed E-state index contributed by atoms with van der Waals surface area (Å²) in [5.41, 5.74) is 3.16. The first-order valence-electron chi connectivity index (χ1n) is 8.00. The van der Waals surface area contributed by atoms with Crippen LogP contribution in [0, 0.1) is 0 Å². The number of ether oxygens (including phenoxy) is 1. The van der Waals surface area contributed by atoms with Crippen LogP contribution in [-0.2, 0) is 6.54 Å². The summed E-state index contributed by atoms with van der Waals surface area (Å²) in [7, 11) is 1.67. The molecule has 25 heavy (non-hydrogen) atoms. The Morgan fingerprint density at radius 1 is 0.960 bits per heavy atom. The van der Waals surface area contributed by atoms with Gasteiger partial charge in [0.05, 0.1) is 25.6 Å². The number of benzene rings is 3. The molecule has 0 aliphatic heterocycles. The molecule has 3 rings (SSSR count). The van der Waals surface area contributed by atoms with Gasteiger partial charge in [0.2, 0.25) is 0 Å². The van der Waals surface area contributed by atoms with E-state index in [1.54, 1.807) is 7.11 Å². The van der Waals surface area contributed by atoms with Crippen LogP contribution in [0.15, 0.2) is 88.4 Å². The molecule has 126 valence electrons. The van der Waals surface area contributed by atoms with Crippen LogP contribution in [0.25, 0.3) is 0 Å². The van der Waals surface area contributed by atoms with Crippen LogP contribution in [0.5, 0.6) is 5.75 Å². The van der Waals surface area contributed by atoms with Crippen molar-refractivity contribution in [2.75, 3.05) is 12.1 Å². The Morgan fingerprint density at radius 2 is 1.64 bits per heavy atom. The van der Waals surface area contributed by atoms with Crippen LogP contribution in [0.2, 0.25) is 0 Å². The summed E-state index contributed by atoms with van der Waals surface area (Å²) in [5, 5.41) is 6.70. The van der Waals surface area contributed by atoms with Gasteiger partial charge < -0.3 is 4.74 Å². The van der Waals surface area contributed by atoms with Crippen molar-refractivity contribution in [3.63, 3.8) is 0 Å². The fraction of sp³-hybridized carbons (Fsp3) is 0.0952. The second-order valence-corrected chi connectivity index (χ2v) is 6.43. The Balaban J connectivity index is 1.91. The molecule has 0 aromatic heterocycles. The van der Waals surface area contributed by atoms with Gasteiger partial charge in [-0.15, -0.1) is 0 Å². The smallest absolute Gasteiger partial charge is 0.127 e. The number of methoxy groups -OCH3 is 1. The Labute approximate surface area is 156 Å². The Kier molecular flexibility index (Phi) is 5.86. The molecule has 0 bridgehead atoms. The molecule has 0 spiro atoms. The van der Waals surface area contributed by atoms with E-state index in [1.807, 2.05) is 65.8 Å². The van der Waals surface area contributed by atoms with E-state index in [1.165, 1.54) is 5.56 Å². The van der Waals surface area contributed by atoms with Crippen molar-refractivity contribution in [1.82, 2.24) is 0 Å². The molecule has 0 heterocycles. The third-order valence-corrected chi connectivity index (χ3v) is 4.25.